The molecule has 5 nitrogen and oxygen atoms in total. The van der Waals surface area contributed by atoms with Gasteiger partial charge in [0.25, 0.3) is 5.88 Å². The number of hydrogen-bond acceptors (Lipinski definition) is 4. The molecule has 11 heavy (non-hydrogen) atoms. The molecule has 0 aliphatic heterocycles. The Morgan fingerprint density at radius 1 is 1.55 bits per heavy atom. The molecule has 1 aromatic heterocycles. The molecule has 1 heterocycles. The minimum absolute atomic E-state index is 0.565. The summed E-state index contributed by atoms with van der Waals surface area (Å²) in [5, 5.41) is 7.44. The van der Waals surface area contributed by atoms with E-state index in [1.54, 1.807) is 0 Å². The van der Waals surface area contributed by atoms with Gasteiger partial charge in [-0.1, -0.05) is 0 Å². The van der Waals surface area contributed by atoms with E-state index >= 15 is 0 Å². The van der Waals surface area contributed by atoms with Crippen molar-refractivity contribution in [2.24, 2.45) is 0 Å². The Morgan fingerprint density at radius 3 is 2.82 bits per heavy atom. The van der Waals surface area contributed by atoms with Crippen molar-refractivity contribution >= 4 is 0 Å². The molecule has 0 amide bonds. The highest BCUT2D eigenvalue weighted by Gasteiger charge is 2.08. The average Bonchev–Trinajstić information content (AvgIpc) is 2.34. The lowest BCUT2D eigenvalue weighted by atomic mass is 10.5. The lowest BCUT2D eigenvalue weighted by Crippen LogP contribution is -2.10. The van der Waals surface area contributed by atoms with Crippen LogP contribution in [-0.2, 0) is 0 Å². The van der Waals surface area contributed by atoms with E-state index in [-0.39, 0.29) is 0 Å². The van der Waals surface area contributed by atoms with Crippen molar-refractivity contribution in [1.82, 2.24) is 15.2 Å². The zero-order valence-electron chi connectivity index (χ0n) is 6.87. The first-order valence-corrected chi connectivity index (χ1v) is 3.39. The highest BCUT2D eigenvalue weighted by atomic mass is 16.7. The van der Waals surface area contributed by atoms with Crippen LogP contribution < -0.4 is 9.57 Å². The molecule has 0 saturated carbocycles. The maximum Gasteiger partial charge on any atom is 0.274 e. The maximum atomic E-state index is 5.21. The molecule has 1 rings (SSSR count). The average molecular weight is 157 g/mol. The molecule has 0 aliphatic carbocycles. The Labute approximate surface area is 64.9 Å². The van der Waals surface area contributed by atoms with Crippen molar-refractivity contribution in [2.45, 2.75) is 13.8 Å². The second-order valence-electron chi connectivity index (χ2n) is 1.97. The van der Waals surface area contributed by atoms with Gasteiger partial charge in [-0.05, 0) is 23.9 Å². The summed E-state index contributed by atoms with van der Waals surface area (Å²) in [6.45, 7) is 4.29. The highest BCUT2D eigenvalue weighted by molar-refractivity contribution is 5.13. The molecule has 0 unspecified atom stereocenters. The summed E-state index contributed by atoms with van der Waals surface area (Å²) in [5.74, 6) is 0.565. The second-order valence-corrected chi connectivity index (χ2v) is 1.97. The summed E-state index contributed by atoms with van der Waals surface area (Å²) in [6, 6.07) is 0. The molecular weight excluding hydrogens is 146 g/mol. The predicted molar refractivity (Wildman–Crippen MR) is 38.4 cm³/mol. The fourth-order valence-electron chi connectivity index (χ4n) is 0.745. The minimum Gasteiger partial charge on any atom is -0.475 e. The van der Waals surface area contributed by atoms with Gasteiger partial charge in [0.05, 0.1) is 6.61 Å². The van der Waals surface area contributed by atoms with Crippen molar-refractivity contribution in [2.75, 3.05) is 13.7 Å². The van der Waals surface area contributed by atoms with Gasteiger partial charge < -0.3 is 9.57 Å². The summed E-state index contributed by atoms with van der Waals surface area (Å²) in [6.07, 6.45) is 0. The molecule has 0 saturated heterocycles. The van der Waals surface area contributed by atoms with Crippen molar-refractivity contribution < 1.29 is 9.57 Å². The normalized spacial score (nSPS) is 9.73. The molecule has 0 atom stereocenters. The third-order valence-corrected chi connectivity index (χ3v) is 1.21. The number of rotatable bonds is 3. The first-order valence-electron chi connectivity index (χ1n) is 3.39. The van der Waals surface area contributed by atoms with E-state index in [2.05, 4.69) is 10.3 Å². The van der Waals surface area contributed by atoms with Crippen LogP contribution in [0.25, 0.3) is 0 Å². The molecular formula is C6H11N3O2. The number of nitrogens with zero attached hydrogens (tertiary/aromatic N) is 3. The van der Waals surface area contributed by atoms with E-state index in [4.69, 9.17) is 9.57 Å². The van der Waals surface area contributed by atoms with E-state index in [0.717, 1.165) is 5.69 Å². The minimum atomic E-state index is 0.565. The third-order valence-electron chi connectivity index (χ3n) is 1.21. The second kappa shape index (κ2) is 3.23. The predicted octanol–water partition coefficient (Wildman–Crippen LogP) is 0.0436. The maximum absolute atomic E-state index is 5.21. The van der Waals surface area contributed by atoms with E-state index in [9.17, 15) is 0 Å². The van der Waals surface area contributed by atoms with Crippen LogP contribution in [0.15, 0.2) is 0 Å². The smallest absolute Gasteiger partial charge is 0.274 e. The fraction of sp³-hybridized carbons (Fsp3) is 0.667. The molecule has 0 N–H and O–H groups in total. The Morgan fingerprint density at radius 2 is 2.27 bits per heavy atom. The first kappa shape index (κ1) is 7.84. The standard InChI is InChI=1S/C6H11N3O2/c1-4-11-6-5(2)7-8-9(6)10-3/h4H2,1-3H3. The molecule has 0 aliphatic rings. The molecule has 0 radical (unpaired) electrons. The van der Waals surface area contributed by atoms with E-state index in [0.29, 0.717) is 12.5 Å². The summed E-state index contributed by atoms with van der Waals surface area (Å²) < 4.78 is 5.21. The van der Waals surface area contributed by atoms with Gasteiger partial charge >= 0.3 is 0 Å². The van der Waals surface area contributed by atoms with Crippen LogP contribution in [0.1, 0.15) is 12.6 Å². The summed E-state index contributed by atoms with van der Waals surface area (Å²) in [7, 11) is 1.51. The molecule has 0 aromatic carbocycles. The Balaban J connectivity index is 2.88. The summed E-state index contributed by atoms with van der Waals surface area (Å²) in [5.41, 5.74) is 0.730. The molecule has 62 valence electrons. The number of aryl methyl sites for hydroxylation is 1. The molecule has 0 bridgehead atoms. The SMILES string of the molecule is CCOc1c(C)nnn1OC. The Bertz CT molecular complexity index is 234. The number of aromatic nitrogens is 3. The summed E-state index contributed by atoms with van der Waals surface area (Å²) >= 11 is 0. The van der Waals surface area contributed by atoms with Crippen molar-refractivity contribution in [1.29, 1.82) is 0 Å². The van der Waals surface area contributed by atoms with Gasteiger partial charge in [-0.3, -0.25) is 0 Å². The van der Waals surface area contributed by atoms with Gasteiger partial charge in [-0.15, -0.1) is 5.10 Å². The van der Waals surface area contributed by atoms with E-state index in [1.807, 2.05) is 13.8 Å². The number of ether oxygens (including phenoxy) is 1. The van der Waals surface area contributed by atoms with Gasteiger partial charge in [0.15, 0.2) is 0 Å². The fourth-order valence-corrected chi connectivity index (χ4v) is 0.745. The first-order chi connectivity index (χ1) is 5.29. The van der Waals surface area contributed by atoms with Crippen LogP contribution in [0.2, 0.25) is 0 Å². The topological polar surface area (TPSA) is 49.2 Å². The Hall–Kier alpha value is -1.26. The largest absolute Gasteiger partial charge is 0.475 e. The van der Waals surface area contributed by atoms with Gasteiger partial charge in [-0.25, -0.2) is 0 Å². The lowest BCUT2D eigenvalue weighted by Gasteiger charge is -2.03. The molecule has 5 heteroatoms. The van der Waals surface area contributed by atoms with E-state index < -0.39 is 0 Å². The van der Waals surface area contributed by atoms with Crippen LogP contribution in [0, 0.1) is 6.92 Å². The quantitative estimate of drug-likeness (QED) is 0.621. The van der Waals surface area contributed by atoms with Crippen LogP contribution in [0.4, 0.5) is 0 Å². The van der Waals surface area contributed by atoms with Gasteiger partial charge in [0, 0.05) is 0 Å². The van der Waals surface area contributed by atoms with Crippen LogP contribution in [0.5, 0.6) is 5.88 Å². The van der Waals surface area contributed by atoms with Gasteiger partial charge in [0.2, 0.25) is 0 Å². The number of hydrogen-bond donors (Lipinski definition) is 0. The van der Waals surface area contributed by atoms with Crippen LogP contribution in [-0.4, -0.2) is 28.9 Å². The Kier molecular flexibility index (Phi) is 2.30. The third kappa shape index (κ3) is 1.42. The lowest BCUT2D eigenvalue weighted by molar-refractivity contribution is 0.0990. The van der Waals surface area contributed by atoms with Crippen molar-refractivity contribution in [3.8, 4) is 5.88 Å². The molecule has 1 aromatic rings. The molecule has 0 spiro atoms. The van der Waals surface area contributed by atoms with Crippen molar-refractivity contribution in [3.05, 3.63) is 5.69 Å². The van der Waals surface area contributed by atoms with Gasteiger partial charge in [0.1, 0.15) is 12.8 Å². The molecule has 0 fully saturated rings. The monoisotopic (exact) mass is 157 g/mol. The van der Waals surface area contributed by atoms with Crippen LogP contribution >= 0.6 is 0 Å². The van der Waals surface area contributed by atoms with Crippen molar-refractivity contribution in [3.63, 3.8) is 0 Å². The van der Waals surface area contributed by atoms with Gasteiger partial charge in [-0.2, -0.15) is 0 Å². The zero-order chi connectivity index (χ0) is 8.27. The van der Waals surface area contributed by atoms with E-state index in [1.165, 1.54) is 12.0 Å². The highest BCUT2D eigenvalue weighted by Crippen LogP contribution is 2.11. The summed E-state index contributed by atoms with van der Waals surface area (Å²) in [4.78, 5) is 6.09. The zero-order valence-corrected chi connectivity index (χ0v) is 6.87. The van der Waals surface area contributed by atoms with Crippen LogP contribution in [0.3, 0.4) is 0 Å².